The topological polar surface area (TPSA) is 84.7 Å². The third-order valence-corrected chi connectivity index (χ3v) is 7.17. The van der Waals surface area contributed by atoms with Crippen molar-refractivity contribution in [1.82, 2.24) is 5.16 Å². The average Bonchev–Trinajstić information content (AvgIpc) is 3.34. The number of anilines is 3. The Morgan fingerprint density at radius 3 is 2.72 bits per heavy atom. The quantitative estimate of drug-likeness (QED) is 0.314. The number of hydrogen-bond acceptors (Lipinski definition) is 7. The number of nitrogens with one attached hydrogen (secondary N) is 1. The average molecular weight is 482 g/mol. The number of carbonyl (C=O) groups excluding carboxylic acids is 2. The molecule has 2 heterocycles. The summed E-state index contributed by atoms with van der Waals surface area (Å²) < 4.78 is 11.2. The molecular weight excluding hydrogens is 454 g/mol. The molecule has 0 radical (unpaired) electrons. The summed E-state index contributed by atoms with van der Waals surface area (Å²) in [5, 5.41) is 8.69. The van der Waals surface area contributed by atoms with Gasteiger partial charge in [0.1, 0.15) is 5.52 Å². The van der Waals surface area contributed by atoms with Gasteiger partial charge in [0.2, 0.25) is 0 Å². The first-order valence-electron chi connectivity index (χ1n) is 12.4. The molecule has 2 aliphatic rings. The lowest BCUT2D eigenvalue weighted by atomic mass is 9.86. The Kier molecular flexibility index (Phi) is 5.48. The van der Waals surface area contributed by atoms with Crippen molar-refractivity contribution >= 4 is 39.7 Å². The molecule has 1 fully saturated rings. The first kappa shape index (κ1) is 22.3. The van der Waals surface area contributed by atoms with Crippen molar-refractivity contribution in [2.75, 3.05) is 29.9 Å². The number of esters is 1. The first-order valence-corrected chi connectivity index (χ1v) is 12.4. The molecule has 0 spiro atoms. The number of ketones is 1. The molecular formula is C29H27N3O4. The Hall–Kier alpha value is -4.13. The van der Waals surface area contributed by atoms with Gasteiger partial charge in [-0.25, -0.2) is 0 Å². The maximum absolute atomic E-state index is 13.8. The second-order valence-electron chi connectivity index (χ2n) is 9.41. The van der Waals surface area contributed by atoms with Crippen LogP contribution < -0.4 is 10.2 Å². The molecule has 3 aromatic carbocycles. The predicted octanol–water partition coefficient (Wildman–Crippen LogP) is 5.87. The number of para-hydroxylation sites is 1. The van der Waals surface area contributed by atoms with Crippen molar-refractivity contribution in [3.8, 4) is 11.3 Å². The molecule has 0 saturated carbocycles. The van der Waals surface area contributed by atoms with E-state index in [1.165, 1.54) is 0 Å². The largest absolute Gasteiger partial charge is 0.466 e. The molecule has 1 atom stereocenters. The highest BCUT2D eigenvalue weighted by molar-refractivity contribution is 6.28. The standard InChI is InChI=1S/C29H27N3O4/c1-3-35-29(34)18-10-8-14-32(16-18)23-15-22(30-21-13-7-4-9-17(21)2)24-25-26(23)31-36-28(25)20-12-6-5-11-19(20)27(24)33/h4-7,9,11-13,15,18,30H,3,8,10,14,16H2,1-2H3/t18-/m0/s1. The number of aromatic nitrogens is 1. The summed E-state index contributed by atoms with van der Waals surface area (Å²) in [5.41, 5.74) is 6.10. The third-order valence-electron chi connectivity index (χ3n) is 7.17. The summed E-state index contributed by atoms with van der Waals surface area (Å²) in [6, 6.07) is 17.5. The second-order valence-corrected chi connectivity index (χ2v) is 9.41. The van der Waals surface area contributed by atoms with E-state index in [1.54, 1.807) is 0 Å². The summed E-state index contributed by atoms with van der Waals surface area (Å²) in [6.07, 6.45) is 1.65. The van der Waals surface area contributed by atoms with E-state index in [2.05, 4.69) is 15.4 Å². The van der Waals surface area contributed by atoms with Gasteiger partial charge < -0.3 is 19.5 Å². The van der Waals surface area contributed by atoms with Gasteiger partial charge >= 0.3 is 5.97 Å². The second kappa shape index (κ2) is 8.82. The van der Waals surface area contributed by atoms with Gasteiger partial charge in [-0.05, 0) is 44.4 Å². The lowest BCUT2D eigenvalue weighted by molar-refractivity contribution is -0.148. The Morgan fingerprint density at radius 1 is 1.14 bits per heavy atom. The van der Waals surface area contributed by atoms with Crippen molar-refractivity contribution in [2.24, 2.45) is 5.92 Å². The lowest BCUT2D eigenvalue weighted by Gasteiger charge is -2.34. The smallest absolute Gasteiger partial charge is 0.310 e. The van der Waals surface area contributed by atoms with E-state index in [1.807, 2.05) is 68.4 Å². The van der Waals surface area contributed by atoms with Crippen LogP contribution in [0.3, 0.4) is 0 Å². The molecule has 0 unspecified atom stereocenters. The fourth-order valence-electron chi connectivity index (χ4n) is 5.39. The zero-order valence-corrected chi connectivity index (χ0v) is 20.3. The molecule has 182 valence electrons. The minimum absolute atomic E-state index is 0.0584. The van der Waals surface area contributed by atoms with Crippen LogP contribution in [0.4, 0.5) is 17.1 Å². The fraction of sp³-hybridized carbons (Fsp3) is 0.276. The van der Waals surface area contributed by atoms with Crippen LogP contribution in [-0.4, -0.2) is 36.6 Å². The number of benzene rings is 3. The summed E-state index contributed by atoms with van der Waals surface area (Å²) in [5.74, 6) is 0.169. The Bertz CT molecular complexity index is 1510. The molecule has 1 aliphatic heterocycles. The maximum Gasteiger partial charge on any atom is 0.310 e. The van der Waals surface area contributed by atoms with Crippen molar-refractivity contribution < 1.29 is 18.8 Å². The van der Waals surface area contributed by atoms with Crippen molar-refractivity contribution in [1.29, 1.82) is 0 Å². The highest BCUT2D eigenvalue weighted by Crippen LogP contribution is 2.47. The summed E-state index contributed by atoms with van der Waals surface area (Å²) in [4.78, 5) is 28.5. The molecule has 4 aromatic rings. The van der Waals surface area contributed by atoms with Crippen molar-refractivity contribution in [3.63, 3.8) is 0 Å². The van der Waals surface area contributed by atoms with Crippen LogP contribution in [-0.2, 0) is 9.53 Å². The molecule has 6 rings (SSSR count). The van der Waals surface area contributed by atoms with E-state index >= 15 is 0 Å². The normalized spacial score (nSPS) is 16.7. The lowest BCUT2D eigenvalue weighted by Crippen LogP contribution is -2.39. The number of carbonyl (C=O) groups is 2. The highest BCUT2D eigenvalue weighted by atomic mass is 16.5. The molecule has 7 heteroatoms. The van der Waals surface area contributed by atoms with Crippen LogP contribution in [0.25, 0.3) is 22.2 Å². The summed E-state index contributed by atoms with van der Waals surface area (Å²) in [6.45, 7) is 5.54. The minimum Gasteiger partial charge on any atom is -0.466 e. The molecule has 36 heavy (non-hydrogen) atoms. The van der Waals surface area contributed by atoms with Crippen LogP contribution in [0.1, 0.15) is 41.3 Å². The van der Waals surface area contributed by atoms with E-state index in [0.29, 0.717) is 46.6 Å². The maximum atomic E-state index is 13.8. The van der Waals surface area contributed by atoms with E-state index < -0.39 is 0 Å². The van der Waals surface area contributed by atoms with E-state index in [4.69, 9.17) is 9.26 Å². The van der Waals surface area contributed by atoms with Gasteiger partial charge in [0.05, 0.1) is 34.8 Å². The fourth-order valence-corrected chi connectivity index (χ4v) is 5.39. The van der Waals surface area contributed by atoms with Gasteiger partial charge in [-0.2, -0.15) is 0 Å². The number of hydrogen-bond donors (Lipinski definition) is 1. The minimum atomic E-state index is -0.206. The van der Waals surface area contributed by atoms with Crippen molar-refractivity contribution in [3.05, 3.63) is 71.3 Å². The highest BCUT2D eigenvalue weighted by Gasteiger charge is 2.35. The van der Waals surface area contributed by atoms with Gasteiger partial charge in [0.15, 0.2) is 11.5 Å². The Balaban J connectivity index is 1.54. The van der Waals surface area contributed by atoms with E-state index in [-0.39, 0.29) is 17.7 Å². The molecule has 1 aliphatic carbocycles. The van der Waals surface area contributed by atoms with Crippen LogP contribution in [0.5, 0.6) is 0 Å². The number of piperidine rings is 1. The van der Waals surface area contributed by atoms with Gasteiger partial charge in [0, 0.05) is 29.9 Å². The first-order chi connectivity index (χ1) is 17.6. The molecule has 7 nitrogen and oxygen atoms in total. The van der Waals surface area contributed by atoms with Gasteiger partial charge in [-0.1, -0.05) is 47.6 Å². The number of aryl methyl sites for hydroxylation is 1. The Labute approximate surface area is 209 Å². The summed E-state index contributed by atoms with van der Waals surface area (Å²) in [7, 11) is 0. The predicted molar refractivity (Wildman–Crippen MR) is 139 cm³/mol. The van der Waals surface area contributed by atoms with Crippen LogP contribution in [0.15, 0.2) is 59.1 Å². The van der Waals surface area contributed by atoms with Crippen LogP contribution in [0.2, 0.25) is 0 Å². The van der Waals surface area contributed by atoms with Gasteiger partial charge in [-0.15, -0.1) is 0 Å². The molecule has 1 saturated heterocycles. The monoisotopic (exact) mass is 481 g/mol. The summed E-state index contributed by atoms with van der Waals surface area (Å²) >= 11 is 0. The SMILES string of the molecule is CCOC(=O)[C@H]1CCCN(c2cc(Nc3ccccc3C)c3c4c(onc24)-c2ccccc2C3=O)C1. The van der Waals surface area contributed by atoms with Gasteiger partial charge in [0.25, 0.3) is 0 Å². The zero-order chi connectivity index (χ0) is 24.8. The van der Waals surface area contributed by atoms with Crippen LogP contribution >= 0.6 is 0 Å². The number of ether oxygens (including phenoxy) is 1. The Morgan fingerprint density at radius 2 is 1.92 bits per heavy atom. The number of nitrogens with zero attached hydrogens (tertiary/aromatic N) is 2. The van der Waals surface area contributed by atoms with Gasteiger partial charge in [-0.3, -0.25) is 9.59 Å². The number of fused-ring (bicyclic) bond motifs is 2. The number of rotatable bonds is 5. The van der Waals surface area contributed by atoms with E-state index in [0.717, 1.165) is 41.9 Å². The van der Waals surface area contributed by atoms with Crippen molar-refractivity contribution in [2.45, 2.75) is 26.7 Å². The molecule has 1 N–H and O–H groups in total. The molecule has 1 aromatic heterocycles. The molecule has 0 amide bonds. The zero-order valence-electron chi connectivity index (χ0n) is 20.3. The molecule has 0 bridgehead atoms. The van der Waals surface area contributed by atoms with E-state index in [9.17, 15) is 9.59 Å². The van der Waals surface area contributed by atoms with Crippen LogP contribution in [0, 0.1) is 12.8 Å². The third kappa shape index (κ3) is 3.54.